The van der Waals surface area contributed by atoms with Gasteiger partial charge in [-0.05, 0) is 36.9 Å². The van der Waals surface area contributed by atoms with Crippen LogP contribution in [0.3, 0.4) is 0 Å². The van der Waals surface area contributed by atoms with Gasteiger partial charge < -0.3 is 10.6 Å². The van der Waals surface area contributed by atoms with Crippen LogP contribution in [-0.2, 0) is 0 Å². The van der Waals surface area contributed by atoms with Crippen molar-refractivity contribution in [1.82, 2.24) is 4.90 Å². The molecule has 0 aliphatic carbocycles. The fourth-order valence-corrected chi connectivity index (χ4v) is 1.82. The first-order chi connectivity index (χ1) is 7.56. The van der Waals surface area contributed by atoms with E-state index in [0.29, 0.717) is 5.56 Å². The number of nitrogen functional groups attached to an aromatic ring is 1. The Kier molecular flexibility index (Phi) is 4.68. The Labute approximate surface area is 101 Å². The third kappa shape index (κ3) is 3.17. The molecule has 0 saturated carbocycles. The molecule has 88 valence electrons. The first-order valence-electron chi connectivity index (χ1n) is 5.16. The van der Waals surface area contributed by atoms with Crippen molar-refractivity contribution in [2.24, 2.45) is 0 Å². The van der Waals surface area contributed by atoms with Gasteiger partial charge in [-0.15, -0.1) is 0 Å². The summed E-state index contributed by atoms with van der Waals surface area (Å²) in [5.74, 6) is 1.01. The van der Waals surface area contributed by atoms with Crippen LogP contribution in [0.5, 0.6) is 0 Å². The smallest absolute Gasteiger partial charge is 0.253 e. The van der Waals surface area contributed by atoms with E-state index in [9.17, 15) is 4.79 Å². The lowest BCUT2D eigenvalue weighted by molar-refractivity contribution is 0.0803. The molecule has 16 heavy (non-hydrogen) atoms. The first-order valence-corrected chi connectivity index (χ1v) is 6.56. The van der Waals surface area contributed by atoms with Crippen LogP contribution in [0.2, 0.25) is 0 Å². The number of benzene rings is 1. The monoisotopic (exact) mass is 238 g/mol. The molecule has 0 aliphatic heterocycles. The van der Waals surface area contributed by atoms with E-state index in [-0.39, 0.29) is 5.91 Å². The number of rotatable bonds is 4. The Morgan fingerprint density at radius 1 is 1.50 bits per heavy atom. The summed E-state index contributed by atoms with van der Waals surface area (Å²) in [4.78, 5) is 13.7. The number of carbonyl (C=O) groups excluding carboxylic acids is 1. The highest BCUT2D eigenvalue weighted by atomic mass is 32.2. The molecule has 0 saturated heterocycles. The number of hydrogen-bond donors (Lipinski definition) is 1. The molecular weight excluding hydrogens is 220 g/mol. The predicted octanol–water partition coefficient (Wildman–Crippen LogP) is 2.01. The number of anilines is 1. The van der Waals surface area contributed by atoms with Crippen molar-refractivity contribution in [2.45, 2.75) is 6.92 Å². The molecule has 0 fully saturated rings. The van der Waals surface area contributed by atoms with Gasteiger partial charge in [0.25, 0.3) is 5.91 Å². The highest BCUT2D eigenvalue weighted by Crippen LogP contribution is 2.14. The number of aryl methyl sites for hydroxylation is 1. The molecule has 1 amide bonds. The number of carbonyl (C=O) groups is 1. The Morgan fingerprint density at radius 3 is 2.75 bits per heavy atom. The number of nitrogens with zero attached hydrogens (tertiary/aromatic N) is 1. The van der Waals surface area contributed by atoms with Crippen LogP contribution in [0, 0.1) is 6.92 Å². The number of hydrogen-bond acceptors (Lipinski definition) is 3. The fraction of sp³-hybridized carbons (Fsp3) is 0.417. The van der Waals surface area contributed by atoms with E-state index in [1.165, 1.54) is 0 Å². The molecule has 3 nitrogen and oxygen atoms in total. The van der Waals surface area contributed by atoms with E-state index in [0.717, 1.165) is 23.5 Å². The van der Waals surface area contributed by atoms with E-state index in [2.05, 4.69) is 0 Å². The summed E-state index contributed by atoms with van der Waals surface area (Å²) in [5.41, 5.74) is 8.09. The van der Waals surface area contributed by atoms with Gasteiger partial charge in [0.2, 0.25) is 0 Å². The molecule has 0 atom stereocenters. The fourth-order valence-electron chi connectivity index (χ4n) is 1.36. The molecule has 1 aromatic rings. The highest BCUT2D eigenvalue weighted by Gasteiger charge is 2.11. The zero-order valence-electron chi connectivity index (χ0n) is 9.99. The second kappa shape index (κ2) is 5.80. The van der Waals surface area contributed by atoms with Gasteiger partial charge in [0.1, 0.15) is 0 Å². The van der Waals surface area contributed by atoms with Crippen molar-refractivity contribution in [1.29, 1.82) is 0 Å². The van der Waals surface area contributed by atoms with Gasteiger partial charge in [-0.3, -0.25) is 4.79 Å². The Bertz CT molecular complexity index is 379. The van der Waals surface area contributed by atoms with Gasteiger partial charge in [0.05, 0.1) is 0 Å². The van der Waals surface area contributed by atoms with Crippen LogP contribution >= 0.6 is 11.8 Å². The lowest BCUT2D eigenvalue weighted by Crippen LogP contribution is -2.28. The molecule has 1 aromatic carbocycles. The van der Waals surface area contributed by atoms with Gasteiger partial charge in [-0.2, -0.15) is 11.8 Å². The average molecular weight is 238 g/mol. The summed E-state index contributed by atoms with van der Waals surface area (Å²) < 4.78 is 0. The summed E-state index contributed by atoms with van der Waals surface area (Å²) in [5, 5.41) is 0. The minimum atomic E-state index is 0.0529. The molecule has 0 bridgehead atoms. The maximum Gasteiger partial charge on any atom is 0.253 e. The molecule has 0 heterocycles. The van der Waals surface area contributed by atoms with Crippen LogP contribution in [0.25, 0.3) is 0 Å². The van der Waals surface area contributed by atoms with E-state index in [4.69, 9.17) is 5.73 Å². The molecule has 0 aliphatic rings. The van der Waals surface area contributed by atoms with Crippen LogP contribution in [0.15, 0.2) is 18.2 Å². The third-order valence-electron chi connectivity index (χ3n) is 2.49. The highest BCUT2D eigenvalue weighted by molar-refractivity contribution is 7.98. The molecule has 2 N–H and O–H groups in total. The van der Waals surface area contributed by atoms with E-state index < -0.39 is 0 Å². The third-order valence-corrected chi connectivity index (χ3v) is 3.09. The molecule has 0 unspecified atom stereocenters. The van der Waals surface area contributed by atoms with E-state index in [1.54, 1.807) is 28.8 Å². The number of thioether (sulfide) groups is 1. The van der Waals surface area contributed by atoms with E-state index in [1.807, 2.05) is 26.3 Å². The molecule has 0 spiro atoms. The maximum absolute atomic E-state index is 12.0. The van der Waals surface area contributed by atoms with Crippen molar-refractivity contribution in [3.05, 3.63) is 29.3 Å². The van der Waals surface area contributed by atoms with Gasteiger partial charge in [-0.1, -0.05) is 0 Å². The molecule has 0 radical (unpaired) electrons. The molecule has 1 rings (SSSR count). The lowest BCUT2D eigenvalue weighted by atomic mass is 10.1. The summed E-state index contributed by atoms with van der Waals surface area (Å²) in [7, 11) is 1.82. The minimum absolute atomic E-state index is 0.0529. The van der Waals surface area contributed by atoms with Gasteiger partial charge in [0.15, 0.2) is 0 Å². The Balaban J connectivity index is 2.76. The molecule has 0 aromatic heterocycles. The molecular formula is C12H18N2OS. The van der Waals surface area contributed by atoms with Crippen molar-refractivity contribution in [3.8, 4) is 0 Å². The largest absolute Gasteiger partial charge is 0.399 e. The average Bonchev–Trinajstić information content (AvgIpc) is 2.28. The van der Waals surface area contributed by atoms with Crippen molar-refractivity contribution < 1.29 is 4.79 Å². The van der Waals surface area contributed by atoms with Crippen LogP contribution in [-0.4, -0.2) is 36.4 Å². The van der Waals surface area contributed by atoms with Crippen LogP contribution in [0.4, 0.5) is 5.69 Å². The second-order valence-electron chi connectivity index (χ2n) is 3.79. The quantitative estimate of drug-likeness (QED) is 0.816. The summed E-state index contributed by atoms with van der Waals surface area (Å²) in [6.07, 6.45) is 2.03. The second-order valence-corrected chi connectivity index (χ2v) is 4.78. The summed E-state index contributed by atoms with van der Waals surface area (Å²) in [6.45, 7) is 2.68. The standard InChI is InChI=1S/C12H18N2OS/c1-9-8-10(4-5-11(9)13)12(15)14(2)6-7-16-3/h4-5,8H,6-7,13H2,1-3H3. The number of nitrogens with two attached hydrogens (primary N) is 1. The Morgan fingerprint density at radius 2 is 2.19 bits per heavy atom. The summed E-state index contributed by atoms with van der Waals surface area (Å²) >= 11 is 1.73. The topological polar surface area (TPSA) is 46.3 Å². The van der Waals surface area contributed by atoms with Gasteiger partial charge in [-0.25, -0.2) is 0 Å². The van der Waals surface area contributed by atoms with Gasteiger partial charge in [0, 0.05) is 30.6 Å². The van der Waals surface area contributed by atoms with Crippen molar-refractivity contribution in [3.63, 3.8) is 0 Å². The predicted molar refractivity (Wildman–Crippen MR) is 70.9 cm³/mol. The summed E-state index contributed by atoms with van der Waals surface area (Å²) in [6, 6.07) is 5.40. The normalized spacial score (nSPS) is 10.2. The zero-order chi connectivity index (χ0) is 12.1. The molecule has 4 heteroatoms. The van der Waals surface area contributed by atoms with Crippen molar-refractivity contribution >= 4 is 23.4 Å². The minimum Gasteiger partial charge on any atom is -0.399 e. The van der Waals surface area contributed by atoms with Crippen molar-refractivity contribution in [2.75, 3.05) is 31.3 Å². The van der Waals surface area contributed by atoms with Crippen LogP contribution in [0.1, 0.15) is 15.9 Å². The van der Waals surface area contributed by atoms with Crippen LogP contribution < -0.4 is 5.73 Å². The number of amides is 1. The van der Waals surface area contributed by atoms with E-state index >= 15 is 0 Å². The van der Waals surface area contributed by atoms with Gasteiger partial charge >= 0.3 is 0 Å². The SMILES string of the molecule is CSCCN(C)C(=O)c1ccc(N)c(C)c1. The lowest BCUT2D eigenvalue weighted by Gasteiger charge is -2.17. The maximum atomic E-state index is 12.0. The Hall–Kier alpha value is -1.16. The zero-order valence-corrected chi connectivity index (χ0v) is 10.8. The first kappa shape index (κ1) is 12.9.